The lowest BCUT2D eigenvalue weighted by Gasteiger charge is -2.42. The number of aromatic nitrogens is 4. The molecule has 1 aliphatic rings. The van der Waals surface area contributed by atoms with Crippen molar-refractivity contribution in [3.8, 4) is 11.1 Å². The molecule has 0 spiro atoms. The third-order valence-corrected chi connectivity index (χ3v) is 5.46. The molecule has 0 aliphatic carbocycles. The first-order chi connectivity index (χ1) is 14.9. The van der Waals surface area contributed by atoms with E-state index in [0.717, 1.165) is 42.5 Å². The van der Waals surface area contributed by atoms with Crippen molar-refractivity contribution in [1.82, 2.24) is 20.2 Å². The lowest BCUT2D eigenvalue weighted by Crippen LogP contribution is -2.49. The van der Waals surface area contributed by atoms with Crippen LogP contribution < -0.4 is 9.80 Å². The Balaban J connectivity index is 1.55. The molecule has 0 N–H and O–H groups in total. The van der Waals surface area contributed by atoms with Crippen LogP contribution in [0.3, 0.4) is 0 Å². The monoisotopic (exact) mass is 394 g/mol. The van der Waals surface area contributed by atoms with Crippen LogP contribution in [0, 0.1) is 0 Å². The lowest BCUT2D eigenvalue weighted by atomic mass is 10.00. The Bertz CT molecular complexity index is 1090. The molecular weight excluding hydrogens is 372 g/mol. The zero-order chi connectivity index (χ0) is 20.2. The summed E-state index contributed by atoms with van der Waals surface area (Å²) >= 11 is 0. The number of hydrogen-bond donors (Lipinski definition) is 0. The van der Waals surface area contributed by atoms with Crippen molar-refractivity contribution in [3.63, 3.8) is 0 Å². The minimum atomic E-state index is 0.114. The fraction of sp³-hybridized carbons (Fsp3) is 0.167. The van der Waals surface area contributed by atoms with Crippen LogP contribution in [0.2, 0.25) is 0 Å². The average Bonchev–Trinajstić information content (AvgIpc) is 2.85. The highest BCUT2D eigenvalue weighted by atomic mass is 15.4. The van der Waals surface area contributed by atoms with Crippen LogP contribution in [0.5, 0.6) is 0 Å². The van der Waals surface area contributed by atoms with Crippen molar-refractivity contribution in [2.45, 2.75) is 6.04 Å². The molecule has 1 atom stereocenters. The molecule has 1 saturated heterocycles. The van der Waals surface area contributed by atoms with Crippen molar-refractivity contribution < 1.29 is 0 Å². The van der Waals surface area contributed by atoms with Gasteiger partial charge >= 0.3 is 0 Å². The number of piperazine rings is 1. The van der Waals surface area contributed by atoms with Gasteiger partial charge in [-0.1, -0.05) is 60.7 Å². The van der Waals surface area contributed by atoms with E-state index in [4.69, 9.17) is 0 Å². The minimum Gasteiger partial charge on any atom is -0.344 e. The maximum absolute atomic E-state index is 4.58. The summed E-state index contributed by atoms with van der Waals surface area (Å²) in [5.41, 5.74) is 3.47. The molecule has 0 radical (unpaired) electrons. The highest BCUT2D eigenvalue weighted by Gasteiger charge is 2.32. The molecule has 1 aliphatic heterocycles. The van der Waals surface area contributed by atoms with Gasteiger partial charge in [-0.15, -0.1) is 5.10 Å². The maximum Gasteiger partial charge on any atom is 0.225 e. The van der Waals surface area contributed by atoms with E-state index in [9.17, 15) is 0 Å². The van der Waals surface area contributed by atoms with Gasteiger partial charge in [-0.2, -0.15) is 5.10 Å². The Hall–Kier alpha value is -3.80. The van der Waals surface area contributed by atoms with E-state index >= 15 is 0 Å². The summed E-state index contributed by atoms with van der Waals surface area (Å²) in [7, 11) is 0. The van der Waals surface area contributed by atoms with E-state index < -0.39 is 0 Å². The smallest absolute Gasteiger partial charge is 0.225 e. The highest BCUT2D eigenvalue weighted by molar-refractivity contribution is 5.76. The molecule has 2 aromatic carbocycles. The van der Waals surface area contributed by atoms with Crippen molar-refractivity contribution >= 4 is 11.8 Å². The molecule has 4 aromatic rings. The molecule has 5 rings (SSSR count). The van der Waals surface area contributed by atoms with Gasteiger partial charge in [-0.25, -0.2) is 9.97 Å². The van der Waals surface area contributed by atoms with Crippen LogP contribution in [0.4, 0.5) is 11.8 Å². The van der Waals surface area contributed by atoms with Crippen molar-refractivity contribution in [2.75, 3.05) is 29.4 Å². The molecule has 0 saturated carbocycles. The molecule has 148 valence electrons. The number of anilines is 2. The minimum absolute atomic E-state index is 0.114. The normalized spacial score (nSPS) is 16.5. The van der Waals surface area contributed by atoms with Crippen LogP contribution in [0.15, 0.2) is 91.4 Å². The van der Waals surface area contributed by atoms with Gasteiger partial charge in [0.25, 0.3) is 0 Å². The van der Waals surface area contributed by atoms with Crippen molar-refractivity contribution in [1.29, 1.82) is 0 Å². The molecule has 0 bridgehead atoms. The molecule has 3 heterocycles. The van der Waals surface area contributed by atoms with Gasteiger partial charge in [-0.3, -0.25) is 0 Å². The zero-order valence-electron chi connectivity index (χ0n) is 16.5. The second kappa shape index (κ2) is 8.29. The van der Waals surface area contributed by atoms with E-state index in [0.29, 0.717) is 0 Å². The van der Waals surface area contributed by atoms with Crippen LogP contribution in [-0.2, 0) is 0 Å². The van der Waals surface area contributed by atoms with Gasteiger partial charge < -0.3 is 9.80 Å². The van der Waals surface area contributed by atoms with Gasteiger partial charge in [0.05, 0.1) is 12.2 Å². The highest BCUT2D eigenvalue weighted by Crippen LogP contribution is 2.36. The van der Waals surface area contributed by atoms with Gasteiger partial charge in [0.1, 0.15) is 0 Å². The van der Waals surface area contributed by atoms with E-state index in [2.05, 4.69) is 78.5 Å². The largest absolute Gasteiger partial charge is 0.344 e. The standard InChI is InChI=1S/C24H22N6/c1-3-8-19(9-4-1)21-12-15-27-28-23(21)30-17-16-29(24-25-13-7-14-26-24)18-22(30)20-10-5-2-6-11-20/h1-15,22H,16-18H2. The fourth-order valence-corrected chi connectivity index (χ4v) is 4.01. The molecular formula is C24H22N6. The summed E-state index contributed by atoms with van der Waals surface area (Å²) in [4.78, 5) is 13.5. The van der Waals surface area contributed by atoms with E-state index in [-0.39, 0.29) is 6.04 Å². The Morgan fingerprint density at radius 3 is 2.23 bits per heavy atom. The summed E-state index contributed by atoms with van der Waals surface area (Å²) in [6, 6.07) is 24.9. The third-order valence-electron chi connectivity index (χ3n) is 5.46. The van der Waals surface area contributed by atoms with E-state index in [1.807, 2.05) is 24.3 Å². The number of nitrogens with zero attached hydrogens (tertiary/aromatic N) is 6. The number of hydrogen-bond acceptors (Lipinski definition) is 6. The molecule has 1 fully saturated rings. The Morgan fingerprint density at radius 1 is 0.733 bits per heavy atom. The van der Waals surface area contributed by atoms with Gasteiger partial charge in [0.2, 0.25) is 5.95 Å². The van der Waals surface area contributed by atoms with E-state index in [1.165, 1.54) is 5.56 Å². The second-order valence-corrected chi connectivity index (χ2v) is 7.25. The van der Waals surface area contributed by atoms with Crippen molar-refractivity contribution in [2.24, 2.45) is 0 Å². The van der Waals surface area contributed by atoms with E-state index in [1.54, 1.807) is 18.6 Å². The third kappa shape index (κ3) is 3.59. The van der Waals surface area contributed by atoms with Gasteiger partial charge in [0, 0.05) is 37.6 Å². The molecule has 0 amide bonds. The number of rotatable bonds is 4. The Labute approximate surface area is 175 Å². The molecule has 30 heavy (non-hydrogen) atoms. The van der Waals surface area contributed by atoms with Crippen LogP contribution in [-0.4, -0.2) is 39.8 Å². The molecule has 1 unspecified atom stereocenters. The summed E-state index contributed by atoms with van der Waals surface area (Å²) in [6.45, 7) is 2.40. The Morgan fingerprint density at radius 2 is 1.47 bits per heavy atom. The predicted molar refractivity (Wildman–Crippen MR) is 118 cm³/mol. The Kier molecular flexibility index (Phi) is 5.04. The van der Waals surface area contributed by atoms with Crippen LogP contribution in [0.25, 0.3) is 11.1 Å². The molecule has 6 nitrogen and oxygen atoms in total. The van der Waals surface area contributed by atoms with Crippen LogP contribution in [0.1, 0.15) is 11.6 Å². The zero-order valence-corrected chi connectivity index (χ0v) is 16.5. The number of benzene rings is 2. The predicted octanol–water partition coefficient (Wildman–Crippen LogP) is 4.00. The first-order valence-corrected chi connectivity index (χ1v) is 10.1. The topological polar surface area (TPSA) is 58.0 Å². The lowest BCUT2D eigenvalue weighted by molar-refractivity contribution is 0.526. The maximum atomic E-state index is 4.58. The van der Waals surface area contributed by atoms with Gasteiger partial charge in [-0.05, 0) is 23.3 Å². The first-order valence-electron chi connectivity index (χ1n) is 10.1. The summed E-state index contributed by atoms with van der Waals surface area (Å²) in [5, 5.41) is 8.80. The fourth-order valence-electron chi connectivity index (χ4n) is 4.01. The SMILES string of the molecule is c1ccc(-c2ccnnc2N2CCN(c3ncccn3)CC2c2ccccc2)cc1. The van der Waals surface area contributed by atoms with Gasteiger partial charge in [0.15, 0.2) is 5.82 Å². The second-order valence-electron chi connectivity index (χ2n) is 7.25. The molecule has 6 heteroatoms. The molecule has 2 aromatic heterocycles. The average molecular weight is 394 g/mol. The summed E-state index contributed by atoms with van der Waals surface area (Å²) in [6.07, 6.45) is 5.35. The quantitative estimate of drug-likeness (QED) is 0.521. The summed E-state index contributed by atoms with van der Waals surface area (Å²) < 4.78 is 0. The first kappa shape index (κ1) is 18.2. The van der Waals surface area contributed by atoms with Crippen molar-refractivity contribution in [3.05, 3.63) is 97.0 Å². The van der Waals surface area contributed by atoms with Crippen LogP contribution >= 0.6 is 0 Å². The summed E-state index contributed by atoms with van der Waals surface area (Å²) in [5.74, 6) is 1.67.